The fourth-order valence-electron chi connectivity index (χ4n) is 4.69. The van der Waals surface area contributed by atoms with Crippen molar-refractivity contribution in [3.8, 4) is 0 Å². The van der Waals surface area contributed by atoms with Gasteiger partial charge in [-0.3, -0.25) is 9.89 Å². The molecule has 30 heavy (non-hydrogen) atoms. The van der Waals surface area contributed by atoms with Gasteiger partial charge in [0.2, 0.25) is 0 Å². The Balaban J connectivity index is 1.43. The molecule has 0 aromatic heterocycles. The molecule has 1 aromatic carbocycles. The molecule has 0 radical (unpaired) electrons. The highest BCUT2D eigenvalue weighted by Crippen LogP contribution is 2.47. The van der Waals surface area contributed by atoms with Crippen molar-refractivity contribution in [2.24, 2.45) is 10.4 Å². The fraction of sp³-hybridized carbons (Fsp3) is 0.682. The van der Waals surface area contributed by atoms with E-state index in [0.29, 0.717) is 12.6 Å². The topological polar surface area (TPSA) is 74.2 Å². The molecule has 8 heteroatoms. The van der Waals surface area contributed by atoms with Crippen LogP contribution < -0.4 is 5.32 Å². The van der Waals surface area contributed by atoms with E-state index in [1.165, 1.54) is 11.8 Å². The zero-order valence-corrected chi connectivity index (χ0v) is 18.9. The first-order valence-electron chi connectivity index (χ1n) is 11.0. The largest absolute Gasteiger partial charge is 0.373 e. The molecule has 2 unspecified atom stereocenters. The number of guanidine groups is 1. The quantitative estimate of drug-likeness (QED) is 0.516. The predicted molar refractivity (Wildman–Crippen MR) is 119 cm³/mol. The second-order valence-corrected chi connectivity index (χ2v) is 11.2. The van der Waals surface area contributed by atoms with E-state index in [-0.39, 0.29) is 17.3 Å². The van der Waals surface area contributed by atoms with Gasteiger partial charge in [0.05, 0.1) is 24.5 Å². The van der Waals surface area contributed by atoms with Gasteiger partial charge < -0.3 is 15.0 Å². The summed E-state index contributed by atoms with van der Waals surface area (Å²) in [6.45, 7) is 7.76. The lowest BCUT2D eigenvalue weighted by molar-refractivity contribution is -0.0502. The van der Waals surface area contributed by atoms with Gasteiger partial charge in [-0.15, -0.1) is 0 Å². The van der Waals surface area contributed by atoms with E-state index in [4.69, 9.17) is 9.73 Å². The smallest absolute Gasteiger partial charge is 0.194 e. The molecule has 0 spiro atoms. The molecule has 3 fully saturated rings. The third kappa shape index (κ3) is 5.34. The van der Waals surface area contributed by atoms with E-state index in [9.17, 15) is 8.42 Å². The zero-order chi connectivity index (χ0) is 21.2. The predicted octanol–water partition coefficient (Wildman–Crippen LogP) is 1.36. The molecule has 4 rings (SSSR count). The van der Waals surface area contributed by atoms with Crippen molar-refractivity contribution in [1.29, 1.82) is 0 Å². The molecule has 3 aliphatic rings. The van der Waals surface area contributed by atoms with Crippen LogP contribution in [0.1, 0.15) is 25.3 Å². The average molecular weight is 435 g/mol. The summed E-state index contributed by atoms with van der Waals surface area (Å²) >= 11 is 0. The van der Waals surface area contributed by atoms with Crippen molar-refractivity contribution < 1.29 is 13.2 Å². The van der Waals surface area contributed by atoms with Crippen molar-refractivity contribution in [2.45, 2.75) is 38.5 Å². The number of morpholine rings is 1. The normalized spacial score (nSPS) is 26.5. The number of hydrogen-bond donors (Lipinski definition) is 1. The van der Waals surface area contributed by atoms with Crippen LogP contribution >= 0.6 is 0 Å². The van der Waals surface area contributed by atoms with Crippen LogP contribution in [0.25, 0.3) is 0 Å². The highest BCUT2D eigenvalue weighted by atomic mass is 32.2. The summed E-state index contributed by atoms with van der Waals surface area (Å²) in [7, 11) is -2.98. The van der Waals surface area contributed by atoms with Crippen LogP contribution in [0.15, 0.2) is 35.3 Å². The summed E-state index contributed by atoms with van der Waals surface area (Å²) in [5.74, 6) is 1.12. The lowest BCUT2D eigenvalue weighted by Gasteiger charge is -2.36. The van der Waals surface area contributed by atoms with Crippen LogP contribution in [-0.4, -0.2) is 87.7 Å². The minimum absolute atomic E-state index is 0.156. The minimum Gasteiger partial charge on any atom is -0.373 e. The minimum atomic E-state index is -2.98. The number of hydrogen-bond acceptors (Lipinski definition) is 5. The van der Waals surface area contributed by atoms with Crippen LogP contribution in [0.2, 0.25) is 0 Å². The summed E-state index contributed by atoms with van der Waals surface area (Å²) in [6, 6.07) is 10.9. The second kappa shape index (κ2) is 8.85. The van der Waals surface area contributed by atoms with Gasteiger partial charge in [-0.25, -0.2) is 8.42 Å². The molecular formula is C22H34N4O3S. The summed E-state index contributed by atoms with van der Waals surface area (Å²) in [6.07, 6.45) is 3.40. The lowest BCUT2D eigenvalue weighted by atomic mass is 10.1. The Hall–Kier alpha value is -1.64. The molecule has 2 atom stereocenters. The monoisotopic (exact) mass is 434 g/mol. The van der Waals surface area contributed by atoms with E-state index in [1.54, 1.807) is 0 Å². The summed E-state index contributed by atoms with van der Waals surface area (Å²) in [5, 5.41) is 3.41. The molecule has 166 valence electrons. The van der Waals surface area contributed by atoms with E-state index in [2.05, 4.69) is 52.4 Å². The van der Waals surface area contributed by atoms with Gasteiger partial charge in [0.1, 0.15) is 9.84 Å². The summed E-state index contributed by atoms with van der Waals surface area (Å²) in [5.41, 5.74) is 1.17. The number of rotatable bonds is 7. The zero-order valence-electron chi connectivity index (χ0n) is 18.1. The van der Waals surface area contributed by atoms with Crippen molar-refractivity contribution in [2.75, 3.05) is 51.3 Å². The van der Waals surface area contributed by atoms with Crippen LogP contribution in [0.5, 0.6) is 0 Å². The van der Waals surface area contributed by atoms with Crippen LogP contribution in [0, 0.1) is 5.41 Å². The molecule has 2 saturated heterocycles. The van der Waals surface area contributed by atoms with Crippen LogP contribution in [0.4, 0.5) is 0 Å². The number of fused-ring (bicyclic) bond motifs is 1. The molecule has 0 amide bonds. The first-order chi connectivity index (χ1) is 14.4. The first-order valence-corrected chi connectivity index (χ1v) is 13.0. The summed E-state index contributed by atoms with van der Waals surface area (Å²) < 4.78 is 29.7. The van der Waals surface area contributed by atoms with Crippen molar-refractivity contribution in [3.63, 3.8) is 0 Å². The maximum Gasteiger partial charge on any atom is 0.194 e. The maximum atomic E-state index is 11.8. The second-order valence-electron chi connectivity index (χ2n) is 9.08. The van der Waals surface area contributed by atoms with Crippen molar-refractivity contribution in [1.82, 2.24) is 15.1 Å². The van der Waals surface area contributed by atoms with Crippen LogP contribution in [0.3, 0.4) is 0 Å². The molecule has 1 saturated carbocycles. The highest BCUT2D eigenvalue weighted by molar-refractivity contribution is 7.90. The Bertz CT molecular complexity index is 854. The molecule has 0 bridgehead atoms. The van der Waals surface area contributed by atoms with Gasteiger partial charge in [0.25, 0.3) is 0 Å². The SMILES string of the molecule is CCNC(=NCC1(CS(C)(=O)=O)CC1)N1CC2OCCN(Cc3ccccc3)C2C1. The van der Waals surface area contributed by atoms with Gasteiger partial charge in [0, 0.05) is 50.9 Å². The number of nitrogens with one attached hydrogen (secondary N) is 1. The van der Waals surface area contributed by atoms with E-state index >= 15 is 0 Å². The van der Waals surface area contributed by atoms with Gasteiger partial charge in [-0.05, 0) is 25.3 Å². The first kappa shape index (κ1) is 21.6. The Morgan fingerprint density at radius 1 is 1.27 bits per heavy atom. The third-order valence-electron chi connectivity index (χ3n) is 6.37. The van der Waals surface area contributed by atoms with Crippen molar-refractivity contribution in [3.05, 3.63) is 35.9 Å². The molecule has 2 heterocycles. The van der Waals surface area contributed by atoms with Gasteiger partial charge in [-0.1, -0.05) is 30.3 Å². The molecule has 2 aliphatic heterocycles. The number of sulfone groups is 1. The highest BCUT2D eigenvalue weighted by Gasteiger charge is 2.46. The Morgan fingerprint density at radius 3 is 2.70 bits per heavy atom. The summed E-state index contributed by atoms with van der Waals surface area (Å²) in [4.78, 5) is 9.69. The Labute approximate surface area is 180 Å². The van der Waals surface area contributed by atoms with E-state index < -0.39 is 9.84 Å². The van der Waals surface area contributed by atoms with E-state index in [1.807, 2.05) is 0 Å². The molecular weight excluding hydrogens is 400 g/mol. The molecule has 1 aromatic rings. The van der Waals surface area contributed by atoms with Crippen molar-refractivity contribution >= 4 is 15.8 Å². The van der Waals surface area contributed by atoms with Gasteiger partial charge in [-0.2, -0.15) is 0 Å². The third-order valence-corrected chi connectivity index (χ3v) is 7.51. The molecule has 7 nitrogen and oxygen atoms in total. The Kier molecular flexibility index (Phi) is 6.36. The molecule has 1 aliphatic carbocycles. The Morgan fingerprint density at radius 2 is 2.03 bits per heavy atom. The average Bonchev–Trinajstić information content (AvgIpc) is 3.30. The maximum absolute atomic E-state index is 11.8. The van der Waals surface area contributed by atoms with Crippen LogP contribution in [-0.2, 0) is 21.1 Å². The number of ether oxygens (including phenoxy) is 1. The number of aliphatic imine (C=N–C) groups is 1. The fourth-order valence-corrected chi connectivity index (χ4v) is 6.19. The van der Waals surface area contributed by atoms with E-state index in [0.717, 1.165) is 58.1 Å². The van der Waals surface area contributed by atoms with Gasteiger partial charge >= 0.3 is 0 Å². The number of likely N-dealkylation sites (tertiary alicyclic amines) is 1. The number of nitrogens with zero attached hydrogens (tertiary/aromatic N) is 3. The lowest BCUT2D eigenvalue weighted by Crippen LogP contribution is -2.50. The standard InChI is InChI=1S/C22H34N4O3S/c1-3-23-21(24-16-22(9-10-22)17-30(2,27)28)26-14-19-20(15-26)29-12-11-25(19)13-18-7-5-4-6-8-18/h4-8,19-20H,3,9-17H2,1-2H3,(H,23,24). The molecule has 1 N–H and O–H groups in total. The number of benzene rings is 1. The van der Waals surface area contributed by atoms with Gasteiger partial charge in [0.15, 0.2) is 5.96 Å².